The number of nitrogens with one attached hydrogen (secondary N) is 1. The number of hydrogen-bond acceptors (Lipinski definition) is 4. The van der Waals surface area contributed by atoms with Gasteiger partial charge in [0.1, 0.15) is 0 Å². The number of carbonyl (C=O) groups is 1. The summed E-state index contributed by atoms with van der Waals surface area (Å²) < 4.78 is 5.22. The van der Waals surface area contributed by atoms with Crippen molar-refractivity contribution in [3.63, 3.8) is 0 Å². The van der Waals surface area contributed by atoms with E-state index in [0.29, 0.717) is 23.4 Å². The third-order valence-electron chi connectivity index (χ3n) is 3.23. The van der Waals surface area contributed by atoms with E-state index < -0.39 is 0 Å². The predicted molar refractivity (Wildman–Crippen MR) is 68.3 cm³/mol. The van der Waals surface area contributed by atoms with Crippen LogP contribution in [-0.2, 0) is 4.74 Å². The molecule has 0 spiro atoms. The molecule has 0 bridgehead atoms. The van der Waals surface area contributed by atoms with Crippen molar-refractivity contribution in [1.82, 2.24) is 0 Å². The van der Waals surface area contributed by atoms with Crippen molar-refractivity contribution >= 4 is 17.2 Å². The molecule has 3 N–H and O–H groups in total. The molecule has 1 aliphatic carbocycles. The van der Waals surface area contributed by atoms with Gasteiger partial charge < -0.3 is 15.8 Å². The number of methoxy groups -OCH3 is 1. The Labute approximate surface area is 101 Å². The van der Waals surface area contributed by atoms with E-state index in [1.807, 2.05) is 12.1 Å². The van der Waals surface area contributed by atoms with E-state index >= 15 is 0 Å². The Morgan fingerprint density at radius 2 is 2.18 bits per heavy atom. The Hall–Kier alpha value is -1.55. The molecule has 0 atom stereocenters. The summed E-state index contributed by atoms with van der Waals surface area (Å²) in [6, 6.07) is 5.92. The first-order chi connectivity index (χ1) is 8.10. The van der Waals surface area contributed by atoms with Gasteiger partial charge in [0.05, 0.1) is 6.10 Å². The third-order valence-corrected chi connectivity index (χ3v) is 3.23. The van der Waals surface area contributed by atoms with Crippen molar-refractivity contribution < 1.29 is 9.53 Å². The van der Waals surface area contributed by atoms with Crippen LogP contribution in [-0.4, -0.2) is 25.0 Å². The van der Waals surface area contributed by atoms with Gasteiger partial charge in [-0.2, -0.15) is 0 Å². The fraction of sp³-hybridized carbons (Fsp3) is 0.462. The van der Waals surface area contributed by atoms with Crippen molar-refractivity contribution in [2.75, 3.05) is 18.2 Å². The number of benzene rings is 1. The molecule has 0 heterocycles. The maximum Gasteiger partial charge on any atom is 0.161 e. The van der Waals surface area contributed by atoms with Gasteiger partial charge in [-0.25, -0.2) is 0 Å². The first-order valence-corrected chi connectivity index (χ1v) is 5.80. The number of nitrogen functional groups attached to an aromatic ring is 1. The van der Waals surface area contributed by atoms with Crippen molar-refractivity contribution in [3.05, 3.63) is 23.8 Å². The van der Waals surface area contributed by atoms with Crippen molar-refractivity contribution in [1.29, 1.82) is 0 Å². The minimum absolute atomic E-state index is 0.00507. The number of ketones is 1. The van der Waals surface area contributed by atoms with Crippen LogP contribution in [0.1, 0.15) is 30.1 Å². The molecule has 4 nitrogen and oxygen atoms in total. The van der Waals surface area contributed by atoms with Crippen LogP contribution in [0.5, 0.6) is 0 Å². The molecule has 2 rings (SSSR count). The van der Waals surface area contributed by atoms with Crippen LogP contribution in [0.15, 0.2) is 18.2 Å². The number of Topliss-reactive ketones (excluding diaryl/α,β-unsaturated/α-hetero) is 1. The molecule has 4 heteroatoms. The van der Waals surface area contributed by atoms with Gasteiger partial charge in [-0.3, -0.25) is 4.79 Å². The molecule has 1 aromatic carbocycles. The highest BCUT2D eigenvalue weighted by Gasteiger charge is 2.28. The van der Waals surface area contributed by atoms with Crippen molar-refractivity contribution in [2.45, 2.75) is 31.9 Å². The van der Waals surface area contributed by atoms with E-state index in [0.717, 1.165) is 18.5 Å². The van der Waals surface area contributed by atoms with Gasteiger partial charge in [0, 0.05) is 30.1 Å². The van der Waals surface area contributed by atoms with E-state index in [9.17, 15) is 4.79 Å². The van der Waals surface area contributed by atoms with E-state index in [1.54, 1.807) is 13.2 Å². The van der Waals surface area contributed by atoms with Gasteiger partial charge in [0.15, 0.2) is 5.78 Å². The summed E-state index contributed by atoms with van der Waals surface area (Å²) in [6.07, 6.45) is 2.39. The maximum absolute atomic E-state index is 11.4. The molecule has 0 saturated heterocycles. The fourth-order valence-corrected chi connectivity index (χ4v) is 2.06. The highest BCUT2D eigenvalue weighted by molar-refractivity contribution is 6.00. The molecular formula is C13H18N2O2. The average molecular weight is 234 g/mol. The van der Waals surface area contributed by atoms with Crippen LogP contribution in [0.3, 0.4) is 0 Å². The Bertz CT molecular complexity index is 425. The third kappa shape index (κ3) is 2.58. The van der Waals surface area contributed by atoms with Crippen LogP contribution in [0.4, 0.5) is 11.4 Å². The molecule has 0 radical (unpaired) electrons. The smallest absolute Gasteiger partial charge is 0.161 e. The largest absolute Gasteiger partial charge is 0.398 e. The molecule has 0 aliphatic heterocycles. The van der Waals surface area contributed by atoms with Crippen LogP contribution in [0.25, 0.3) is 0 Å². The lowest BCUT2D eigenvalue weighted by atomic mass is 9.89. The van der Waals surface area contributed by atoms with Gasteiger partial charge in [-0.05, 0) is 38.0 Å². The topological polar surface area (TPSA) is 64.3 Å². The summed E-state index contributed by atoms with van der Waals surface area (Å²) in [6.45, 7) is 1.53. The molecule has 17 heavy (non-hydrogen) atoms. The summed E-state index contributed by atoms with van der Waals surface area (Å²) in [5, 5.41) is 3.38. The average Bonchev–Trinajstić information content (AvgIpc) is 2.24. The fourth-order valence-electron chi connectivity index (χ4n) is 2.06. The molecular weight excluding hydrogens is 216 g/mol. The number of nitrogens with two attached hydrogens (primary N) is 1. The summed E-state index contributed by atoms with van der Waals surface area (Å²) in [4.78, 5) is 11.4. The quantitative estimate of drug-likeness (QED) is 0.618. The number of ether oxygens (including phenoxy) is 1. The molecule has 0 amide bonds. The normalized spacial score (nSPS) is 22.9. The molecule has 0 unspecified atom stereocenters. The number of hydrogen-bond donors (Lipinski definition) is 2. The molecule has 1 saturated carbocycles. The Kier molecular flexibility index (Phi) is 3.33. The second-order valence-corrected chi connectivity index (χ2v) is 4.53. The second kappa shape index (κ2) is 4.75. The van der Waals surface area contributed by atoms with E-state index in [1.165, 1.54) is 6.92 Å². The lowest BCUT2D eigenvalue weighted by Crippen LogP contribution is -2.40. The van der Waals surface area contributed by atoms with Crippen LogP contribution >= 0.6 is 0 Å². The zero-order chi connectivity index (χ0) is 12.4. The van der Waals surface area contributed by atoms with Crippen molar-refractivity contribution in [2.24, 2.45) is 0 Å². The van der Waals surface area contributed by atoms with Gasteiger partial charge in [0.2, 0.25) is 0 Å². The summed E-state index contributed by atoms with van der Waals surface area (Å²) in [5.74, 6) is -0.00507. The number of rotatable bonds is 4. The summed E-state index contributed by atoms with van der Waals surface area (Å²) in [7, 11) is 1.73. The maximum atomic E-state index is 11.4. The van der Waals surface area contributed by atoms with Crippen LogP contribution < -0.4 is 11.1 Å². The SMILES string of the molecule is COC1CC(Nc2ccc(N)c(C(C)=O)c2)C1. The van der Waals surface area contributed by atoms with Crippen LogP contribution in [0.2, 0.25) is 0 Å². The zero-order valence-corrected chi connectivity index (χ0v) is 10.2. The highest BCUT2D eigenvalue weighted by atomic mass is 16.5. The standard InChI is InChI=1S/C13H18N2O2/c1-8(16)12-7-9(3-4-13(12)14)15-10-5-11(6-10)17-2/h3-4,7,10-11,15H,5-6,14H2,1-2H3. The van der Waals surface area contributed by atoms with E-state index in [-0.39, 0.29) is 5.78 Å². The lowest BCUT2D eigenvalue weighted by Gasteiger charge is -2.35. The van der Waals surface area contributed by atoms with E-state index in [4.69, 9.17) is 10.5 Å². The molecule has 1 aromatic rings. The number of anilines is 2. The Balaban J connectivity index is 2.02. The Morgan fingerprint density at radius 3 is 2.76 bits per heavy atom. The highest BCUT2D eigenvalue weighted by Crippen LogP contribution is 2.27. The predicted octanol–water partition coefficient (Wildman–Crippen LogP) is 2.06. The molecule has 1 aliphatic rings. The minimum atomic E-state index is -0.00507. The molecule has 92 valence electrons. The monoisotopic (exact) mass is 234 g/mol. The van der Waals surface area contributed by atoms with Crippen molar-refractivity contribution in [3.8, 4) is 0 Å². The Morgan fingerprint density at radius 1 is 1.47 bits per heavy atom. The lowest BCUT2D eigenvalue weighted by molar-refractivity contribution is 0.0328. The van der Waals surface area contributed by atoms with Gasteiger partial charge >= 0.3 is 0 Å². The van der Waals surface area contributed by atoms with Gasteiger partial charge in [-0.1, -0.05) is 0 Å². The summed E-state index contributed by atoms with van der Waals surface area (Å²) >= 11 is 0. The van der Waals surface area contributed by atoms with Gasteiger partial charge in [-0.15, -0.1) is 0 Å². The molecule has 1 fully saturated rings. The molecule has 0 aromatic heterocycles. The minimum Gasteiger partial charge on any atom is -0.398 e. The second-order valence-electron chi connectivity index (χ2n) is 4.53. The van der Waals surface area contributed by atoms with E-state index in [2.05, 4.69) is 5.32 Å². The summed E-state index contributed by atoms with van der Waals surface area (Å²) in [5.41, 5.74) is 7.81. The first kappa shape index (κ1) is 11.9. The first-order valence-electron chi connectivity index (χ1n) is 5.80. The zero-order valence-electron chi connectivity index (χ0n) is 10.2. The number of carbonyl (C=O) groups excluding carboxylic acids is 1. The van der Waals surface area contributed by atoms with Gasteiger partial charge in [0.25, 0.3) is 0 Å². The van der Waals surface area contributed by atoms with Crippen LogP contribution in [0, 0.1) is 0 Å².